The number of benzene rings is 2. The lowest BCUT2D eigenvalue weighted by Crippen LogP contribution is -2.44. The minimum Gasteiger partial charge on any atom is -0.490 e. The number of rotatable bonds is 10. The third-order valence-corrected chi connectivity index (χ3v) is 5.20. The van der Waals surface area contributed by atoms with Crippen LogP contribution in [0.2, 0.25) is 0 Å². The number of guanidine groups is 1. The summed E-state index contributed by atoms with van der Waals surface area (Å²) in [4.78, 5) is 16.2. The molecule has 2 aromatic rings. The van der Waals surface area contributed by atoms with Gasteiger partial charge in [0.15, 0.2) is 17.5 Å². The van der Waals surface area contributed by atoms with E-state index in [4.69, 9.17) is 4.74 Å². The van der Waals surface area contributed by atoms with E-state index in [2.05, 4.69) is 20.9 Å². The molecule has 0 aliphatic heterocycles. The Bertz CT molecular complexity index is 891. The van der Waals surface area contributed by atoms with Gasteiger partial charge in [-0.25, -0.2) is 4.39 Å². The van der Waals surface area contributed by atoms with Gasteiger partial charge in [0.25, 0.3) is 0 Å². The van der Waals surface area contributed by atoms with Crippen molar-refractivity contribution >= 4 is 35.8 Å². The summed E-state index contributed by atoms with van der Waals surface area (Å²) in [6, 6.07) is 14.8. The van der Waals surface area contributed by atoms with Crippen molar-refractivity contribution in [1.82, 2.24) is 16.0 Å². The number of amides is 1. The lowest BCUT2D eigenvalue weighted by atomic mass is 10.1. The van der Waals surface area contributed by atoms with Crippen LogP contribution in [0.4, 0.5) is 4.39 Å². The van der Waals surface area contributed by atoms with E-state index < -0.39 is 0 Å². The quantitative estimate of drug-likeness (QED) is 0.237. The van der Waals surface area contributed by atoms with Gasteiger partial charge in [-0.1, -0.05) is 36.4 Å². The van der Waals surface area contributed by atoms with Gasteiger partial charge in [-0.3, -0.25) is 9.79 Å². The van der Waals surface area contributed by atoms with E-state index in [1.165, 1.54) is 11.6 Å². The van der Waals surface area contributed by atoms with E-state index >= 15 is 0 Å². The van der Waals surface area contributed by atoms with Gasteiger partial charge < -0.3 is 20.7 Å². The molecule has 0 aromatic heterocycles. The molecule has 1 fully saturated rings. The van der Waals surface area contributed by atoms with Crippen molar-refractivity contribution in [3.05, 3.63) is 65.5 Å². The van der Waals surface area contributed by atoms with Crippen molar-refractivity contribution in [1.29, 1.82) is 0 Å². The van der Waals surface area contributed by atoms with Crippen molar-refractivity contribution in [3.63, 3.8) is 0 Å². The number of nitrogens with zero attached hydrogens (tertiary/aromatic N) is 1. The first-order valence-corrected chi connectivity index (χ1v) is 10.7. The highest BCUT2D eigenvalue weighted by Gasteiger charge is 2.22. The second-order valence-corrected chi connectivity index (χ2v) is 7.82. The largest absolute Gasteiger partial charge is 0.490 e. The van der Waals surface area contributed by atoms with Crippen molar-refractivity contribution in [2.45, 2.75) is 32.2 Å². The molecule has 1 unspecified atom stereocenters. The predicted molar refractivity (Wildman–Crippen MR) is 136 cm³/mol. The molecule has 8 heteroatoms. The van der Waals surface area contributed by atoms with E-state index in [1.807, 2.05) is 43.3 Å². The van der Waals surface area contributed by atoms with Crippen LogP contribution in [0.1, 0.15) is 36.9 Å². The smallest absolute Gasteiger partial charge is 0.239 e. The van der Waals surface area contributed by atoms with E-state index in [0.29, 0.717) is 25.0 Å². The molecule has 174 valence electrons. The molecular weight excluding hydrogens is 522 g/mol. The summed E-state index contributed by atoms with van der Waals surface area (Å²) in [6.45, 7) is 3.16. The van der Waals surface area contributed by atoms with E-state index in [9.17, 15) is 9.18 Å². The van der Waals surface area contributed by atoms with Crippen LogP contribution in [-0.2, 0) is 11.2 Å². The minimum absolute atomic E-state index is 0. The Kier molecular flexibility index (Phi) is 10.7. The molecular formula is C24H32FIN4O2. The first-order chi connectivity index (χ1) is 15.0. The molecule has 32 heavy (non-hydrogen) atoms. The van der Waals surface area contributed by atoms with Gasteiger partial charge in [0.05, 0.1) is 19.2 Å². The van der Waals surface area contributed by atoms with Crippen LogP contribution in [-0.4, -0.2) is 38.6 Å². The maximum atomic E-state index is 14.3. The number of hydrogen-bond acceptors (Lipinski definition) is 3. The molecule has 1 aliphatic rings. The number of carbonyl (C=O) groups excluding carboxylic acids is 1. The number of carbonyl (C=O) groups is 1. The van der Waals surface area contributed by atoms with E-state index in [1.54, 1.807) is 13.1 Å². The number of hydrogen-bond donors (Lipinski definition) is 3. The van der Waals surface area contributed by atoms with Gasteiger partial charge in [-0.2, -0.15) is 0 Å². The molecule has 3 N–H and O–H groups in total. The van der Waals surface area contributed by atoms with Crippen LogP contribution < -0.4 is 20.7 Å². The number of nitrogens with one attached hydrogen (secondary N) is 3. The Balaban J connectivity index is 0.00000363. The average molecular weight is 554 g/mol. The number of ether oxygens (including phenoxy) is 1. The van der Waals surface area contributed by atoms with Crippen LogP contribution in [0, 0.1) is 11.7 Å². The maximum Gasteiger partial charge on any atom is 0.239 e. The Morgan fingerprint density at radius 1 is 1.19 bits per heavy atom. The normalized spacial score (nSPS) is 14.2. The lowest BCUT2D eigenvalue weighted by molar-refractivity contribution is -0.119. The third kappa shape index (κ3) is 8.64. The van der Waals surface area contributed by atoms with Crippen molar-refractivity contribution in [3.8, 4) is 5.75 Å². The van der Waals surface area contributed by atoms with Gasteiger partial charge in [-0.15, -0.1) is 24.0 Å². The number of halogens is 2. The fraction of sp³-hybridized carbons (Fsp3) is 0.417. The fourth-order valence-corrected chi connectivity index (χ4v) is 3.10. The molecule has 2 aromatic carbocycles. The molecule has 0 heterocycles. The zero-order valence-electron chi connectivity index (χ0n) is 18.6. The molecule has 1 atom stereocenters. The summed E-state index contributed by atoms with van der Waals surface area (Å²) in [7, 11) is 1.63. The van der Waals surface area contributed by atoms with Gasteiger partial charge in [0.2, 0.25) is 5.91 Å². The number of aliphatic imine (C=N–C) groups is 1. The van der Waals surface area contributed by atoms with Crippen LogP contribution >= 0.6 is 24.0 Å². The summed E-state index contributed by atoms with van der Waals surface area (Å²) in [5.74, 6) is 0.851. The van der Waals surface area contributed by atoms with Gasteiger partial charge in [0, 0.05) is 13.6 Å². The Hall–Kier alpha value is -2.36. The van der Waals surface area contributed by atoms with E-state index in [0.717, 1.165) is 24.8 Å². The van der Waals surface area contributed by atoms with Crippen molar-refractivity contribution < 1.29 is 13.9 Å². The zero-order valence-corrected chi connectivity index (χ0v) is 20.9. The van der Waals surface area contributed by atoms with Crippen LogP contribution in [0.3, 0.4) is 0 Å². The van der Waals surface area contributed by atoms with Crippen LogP contribution in [0.5, 0.6) is 5.75 Å². The summed E-state index contributed by atoms with van der Waals surface area (Å²) in [5, 5.41) is 9.06. The van der Waals surface area contributed by atoms with Gasteiger partial charge in [-0.05, 0) is 55.4 Å². The van der Waals surface area contributed by atoms with Gasteiger partial charge in [0.1, 0.15) is 0 Å². The standard InChI is InChI=1S/C24H31FN4O2.HI/c1-17(20-10-11-22(21(25)14-20)31-16-19-8-9-19)29-24(26-2)28-15-23(30)27-13-12-18-6-4-3-5-7-18;/h3-7,10-11,14,17,19H,8-9,12-13,15-16H2,1-2H3,(H,27,30)(H2,26,28,29);1H. The molecule has 0 bridgehead atoms. The molecule has 0 radical (unpaired) electrons. The highest BCUT2D eigenvalue weighted by molar-refractivity contribution is 14.0. The Morgan fingerprint density at radius 3 is 2.59 bits per heavy atom. The molecule has 0 spiro atoms. The van der Waals surface area contributed by atoms with Crippen LogP contribution in [0.15, 0.2) is 53.5 Å². The monoisotopic (exact) mass is 554 g/mol. The summed E-state index contributed by atoms with van der Waals surface area (Å²) < 4.78 is 19.9. The highest BCUT2D eigenvalue weighted by Crippen LogP contribution is 2.30. The molecule has 0 saturated heterocycles. The molecule has 6 nitrogen and oxygen atoms in total. The van der Waals surface area contributed by atoms with Crippen molar-refractivity contribution in [2.24, 2.45) is 10.9 Å². The SMILES string of the molecule is CN=C(NCC(=O)NCCc1ccccc1)NC(C)c1ccc(OCC2CC2)c(F)c1.I. The molecule has 1 saturated carbocycles. The minimum atomic E-state index is -0.368. The molecule has 1 aliphatic carbocycles. The fourth-order valence-electron chi connectivity index (χ4n) is 3.10. The van der Waals surface area contributed by atoms with Gasteiger partial charge >= 0.3 is 0 Å². The van der Waals surface area contributed by atoms with Crippen LogP contribution in [0.25, 0.3) is 0 Å². The maximum absolute atomic E-state index is 14.3. The zero-order chi connectivity index (χ0) is 22.1. The Labute approximate surface area is 206 Å². The third-order valence-electron chi connectivity index (χ3n) is 5.20. The topological polar surface area (TPSA) is 74.8 Å². The average Bonchev–Trinajstić information content (AvgIpc) is 3.61. The van der Waals surface area contributed by atoms with E-state index in [-0.39, 0.29) is 54.0 Å². The first kappa shape index (κ1) is 25.9. The first-order valence-electron chi connectivity index (χ1n) is 10.7. The Morgan fingerprint density at radius 2 is 1.94 bits per heavy atom. The summed E-state index contributed by atoms with van der Waals surface area (Å²) >= 11 is 0. The van der Waals surface area contributed by atoms with Crippen molar-refractivity contribution in [2.75, 3.05) is 26.7 Å². The second kappa shape index (κ2) is 13.2. The molecule has 1 amide bonds. The predicted octanol–water partition coefficient (Wildman–Crippen LogP) is 3.82. The summed E-state index contributed by atoms with van der Waals surface area (Å²) in [5.41, 5.74) is 1.95. The molecule has 3 rings (SSSR count). The lowest BCUT2D eigenvalue weighted by Gasteiger charge is -2.19. The highest BCUT2D eigenvalue weighted by atomic mass is 127. The second-order valence-electron chi connectivity index (χ2n) is 7.82. The summed E-state index contributed by atoms with van der Waals surface area (Å²) in [6.07, 6.45) is 3.11.